The molecule has 164 valence electrons. The van der Waals surface area contributed by atoms with E-state index in [-0.39, 0.29) is 11.8 Å². The molecule has 0 radical (unpaired) electrons. The molecule has 0 saturated carbocycles. The lowest BCUT2D eigenvalue weighted by molar-refractivity contribution is 0.0750. The monoisotopic (exact) mass is 429 g/mol. The molecule has 3 aromatic rings. The minimum absolute atomic E-state index is 0.163. The van der Waals surface area contributed by atoms with Crippen LogP contribution in [0.25, 0.3) is 0 Å². The average Bonchev–Trinajstić information content (AvgIpc) is 3.15. The second-order valence-corrected chi connectivity index (χ2v) is 8.17. The van der Waals surface area contributed by atoms with Gasteiger partial charge in [-0.3, -0.25) is 9.59 Å². The van der Waals surface area contributed by atoms with Gasteiger partial charge in [-0.05, 0) is 43.9 Å². The summed E-state index contributed by atoms with van der Waals surface area (Å²) in [7, 11) is 1.77. The Labute approximate surface area is 187 Å². The van der Waals surface area contributed by atoms with Gasteiger partial charge in [-0.2, -0.15) is 5.10 Å². The van der Waals surface area contributed by atoms with Crippen LogP contribution in [-0.2, 0) is 13.0 Å². The fourth-order valence-electron chi connectivity index (χ4n) is 4.09. The number of furan rings is 1. The number of rotatable bonds is 5. The number of hydrazone groups is 1. The van der Waals surface area contributed by atoms with Gasteiger partial charge in [-0.15, -0.1) is 0 Å². The predicted molar refractivity (Wildman–Crippen MR) is 124 cm³/mol. The highest BCUT2D eigenvalue weighted by atomic mass is 16.4. The summed E-state index contributed by atoms with van der Waals surface area (Å²) in [5, 5.41) is 4.42. The van der Waals surface area contributed by atoms with Crippen molar-refractivity contribution in [1.82, 2.24) is 10.3 Å². The zero-order valence-electron chi connectivity index (χ0n) is 18.6. The zero-order chi connectivity index (χ0) is 22.7. The molecule has 0 bridgehead atoms. The fourth-order valence-corrected chi connectivity index (χ4v) is 4.09. The molecule has 2 amide bonds. The molecular formula is C26H27N3O3. The smallest absolute Gasteiger partial charge is 0.289 e. The molecule has 1 aliphatic carbocycles. The molecule has 6 heteroatoms. The van der Waals surface area contributed by atoms with Gasteiger partial charge in [0.05, 0.1) is 5.71 Å². The maximum Gasteiger partial charge on any atom is 0.289 e. The highest BCUT2D eigenvalue weighted by Gasteiger charge is 2.29. The van der Waals surface area contributed by atoms with Gasteiger partial charge in [-0.1, -0.05) is 48.5 Å². The molecule has 1 aromatic heterocycles. The van der Waals surface area contributed by atoms with Crippen molar-refractivity contribution in [2.45, 2.75) is 39.7 Å². The number of hydrogen-bond donors (Lipinski definition) is 1. The van der Waals surface area contributed by atoms with Gasteiger partial charge in [0.25, 0.3) is 11.8 Å². The largest absolute Gasteiger partial charge is 0.455 e. The van der Waals surface area contributed by atoms with E-state index < -0.39 is 0 Å². The Morgan fingerprint density at radius 2 is 1.75 bits per heavy atom. The van der Waals surface area contributed by atoms with Crippen LogP contribution in [0.1, 0.15) is 61.8 Å². The summed E-state index contributed by atoms with van der Waals surface area (Å²) in [5.74, 6) is 0.689. The molecule has 32 heavy (non-hydrogen) atoms. The van der Waals surface area contributed by atoms with Crippen molar-refractivity contribution in [1.29, 1.82) is 0 Å². The van der Waals surface area contributed by atoms with Crippen LogP contribution in [0, 0.1) is 13.8 Å². The Hall–Kier alpha value is -3.67. The second-order valence-electron chi connectivity index (χ2n) is 8.17. The fraction of sp³-hybridized carbons (Fsp3) is 0.269. The lowest BCUT2D eigenvalue weighted by Crippen LogP contribution is -2.26. The first-order valence-corrected chi connectivity index (χ1v) is 10.8. The van der Waals surface area contributed by atoms with Crippen LogP contribution in [-0.4, -0.2) is 29.5 Å². The van der Waals surface area contributed by atoms with E-state index in [1.54, 1.807) is 18.0 Å². The zero-order valence-corrected chi connectivity index (χ0v) is 18.6. The van der Waals surface area contributed by atoms with Gasteiger partial charge in [-0.25, -0.2) is 5.43 Å². The first kappa shape index (κ1) is 21.6. The lowest BCUT2D eigenvalue weighted by Gasteiger charge is -2.16. The van der Waals surface area contributed by atoms with Gasteiger partial charge in [0.15, 0.2) is 5.76 Å². The standard InChI is InChI=1S/C26H27N3O3/c1-17-10-7-8-13-20(17)25(30)28-27-21-14-9-15-22-23(21)18(2)24(32-22)26(31)29(3)16-19-11-5-4-6-12-19/h4-8,10-13H,9,14-16H2,1-3H3,(H,28,30)/b27-21+. The summed E-state index contributed by atoms with van der Waals surface area (Å²) in [6.45, 7) is 4.28. The van der Waals surface area contributed by atoms with Crippen LogP contribution in [0.5, 0.6) is 0 Å². The summed E-state index contributed by atoms with van der Waals surface area (Å²) in [4.78, 5) is 27.3. The van der Waals surface area contributed by atoms with Crippen molar-refractivity contribution in [2.24, 2.45) is 5.10 Å². The van der Waals surface area contributed by atoms with Crippen molar-refractivity contribution in [2.75, 3.05) is 7.05 Å². The number of benzene rings is 2. The second kappa shape index (κ2) is 9.22. The Morgan fingerprint density at radius 1 is 1.03 bits per heavy atom. The third-order valence-electron chi connectivity index (χ3n) is 5.81. The van der Waals surface area contributed by atoms with Crippen LogP contribution in [0.3, 0.4) is 0 Å². The van der Waals surface area contributed by atoms with Gasteiger partial charge >= 0.3 is 0 Å². The molecule has 0 saturated heterocycles. The van der Waals surface area contributed by atoms with E-state index in [4.69, 9.17) is 4.42 Å². The number of hydrogen-bond acceptors (Lipinski definition) is 4. The van der Waals surface area contributed by atoms with E-state index in [0.717, 1.165) is 53.0 Å². The van der Waals surface area contributed by atoms with E-state index in [1.807, 2.05) is 62.4 Å². The van der Waals surface area contributed by atoms with Crippen molar-refractivity contribution < 1.29 is 14.0 Å². The number of fused-ring (bicyclic) bond motifs is 1. The van der Waals surface area contributed by atoms with Crippen LogP contribution >= 0.6 is 0 Å². The van der Waals surface area contributed by atoms with Crippen molar-refractivity contribution in [3.05, 3.63) is 93.9 Å². The normalized spacial score (nSPS) is 14.2. The molecule has 4 rings (SSSR count). The number of carbonyl (C=O) groups is 2. The number of nitrogens with one attached hydrogen (secondary N) is 1. The molecule has 2 aromatic carbocycles. The predicted octanol–water partition coefficient (Wildman–Crippen LogP) is 4.64. The number of amides is 2. The third kappa shape index (κ3) is 4.35. The highest BCUT2D eigenvalue weighted by molar-refractivity contribution is 6.07. The van der Waals surface area contributed by atoms with E-state index in [9.17, 15) is 9.59 Å². The van der Waals surface area contributed by atoms with E-state index in [2.05, 4.69) is 10.5 Å². The summed E-state index contributed by atoms with van der Waals surface area (Å²) in [6, 6.07) is 17.2. The number of nitrogens with zero attached hydrogens (tertiary/aromatic N) is 2. The van der Waals surface area contributed by atoms with Gasteiger partial charge < -0.3 is 9.32 Å². The molecule has 6 nitrogen and oxygen atoms in total. The molecule has 0 unspecified atom stereocenters. The Morgan fingerprint density at radius 3 is 2.50 bits per heavy atom. The maximum atomic E-state index is 13.1. The molecule has 0 aliphatic heterocycles. The Bertz CT molecular complexity index is 1180. The highest BCUT2D eigenvalue weighted by Crippen LogP contribution is 2.30. The lowest BCUT2D eigenvalue weighted by atomic mass is 9.93. The van der Waals surface area contributed by atoms with E-state index >= 15 is 0 Å². The van der Waals surface area contributed by atoms with E-state index in [0.29, 0.717) is 17.9 Å². The molecule has 0 fully saturated rings. The minimum Gasteiger partial charge on any atom is -0.455 e. The number of aryl methyl sites for hydroxylation is 2. The quantitative estimate of drug-likeness (QED) is 0.601. The van der Waals surface area contributed by atoms with Crippen LogP contribution in [0.15, 0.2) is 64.1 Å². The topological polar surface area (TPSA) is 74.9 Å². The Balaban J connectivity index is 1.56. The summed E-state index contributed by atoms with van der Waals surface area (Å²) >= 11 is 0. The molecule has 0 atom stereocenters. The Kier molecular flexibility index (Phi) is 6.21. The minimum atomic E-state index is -0.247. The van der Waals surface area contributed by atoms with Crippen LogP contribution in [0.2, 0.25) is 0 Å². The molecule has 1 N–H and O–H groups in total. The van der Waals surface area contributed by atoms with Crippen molar-refractivity contribution >= 4 is 17.5 Å². The summed E-state index contributed by atoms with van der Waals surface area (Å²) < 4.78 is 6.01. The summed E-state index contributed by atoms with van der Waals surface area (Å²) in [6.07, 6.45) is 2.32. The first-order valence-electron chi connectivity index (χ1n) is 10.8. The van der Waals surface area contributed by atoms with Gasteiger partial charge in [0.2, 0.25) is 0 Å². The molecular weight excluding hydrogens is 402 g/mol. The van der Waals surface area contributed by atoms with E-state index in [1.165, 1.54) is 0 Å². The third-order valence-corrected chi connectivity index (χ3v) is 5.81. The summed E-state index contributed by atoms with van der Waals surface area (Å²) in [5.41, 5.74) is 7.59. The maximum absolute atomic E-state index is 13.1. The molecule has 0 spiro atoms. The molecule has 1 aliphatic rings. The van der Waals surface area contributed by atoms with Crippen LogP contribution < -0.4 is 5.43 Å². The average molecular weight is 430 g/mol. The SMILES string of the molecule is Cc1ccccc1C(=O)N/N=C1\CCCc2oc(C(=O)N(C)Cc3ccccc3)c(C)c21. The first-order chi connectivity index (χ1) is 15.5. The van der Waals surface area contributed by atoms with Crippen molar-refractivity contribution in [3.8, 4) is 0 Å². The van der Waals surface area contributed by atoms with Crippen LogP contribution in [0.4, 0.5) is 0 Å². The van der Waals surface area contributed by atoms with Crippen molar-refractivity contribution in [3.63, 3.8) is 0 Å². The van der Waals surface area contributed by atoms with Gasteiger partial charge in [0, 0.05) is 36.7 Å². The molecule has 1 heterocycles. The number of carbonyl (C=O) groups excluding carboxylic acids is 2. The van der Waals surface area contributed by atoms with Gasteiger partial charge in [0.1, 0.15) is 5.76 Å².